The van der Waals surface area contributed by atoms with E-state index in [1.807, 2.05) is 113 Å². The molecule has 3 aliphatic rings. The van der Waals surface area contributed by atoms with Crippen LogP contribution in [0.3, 0.4) is 0 Å². The van der Waals surface area contributed by atoms with E-state index in [0.717, 1.165) is 26.4 Å². The zero-order valence-electron chi connectivity index (χ0n) is 76.0. The van der Waals surface area contributed by atoms with E-state index in [4.69, 9.17) is 18.9 Å². The third-order valence-corrected chi connectivity index (χ3v) is 25.1. The van der Waals surface area contributed by atoms with Gasteiger partial charge in [-0.2, -0.15) is 0 Å². The molecule has 3 heterocycles. The van der Waals surface area contributed by atoms with Gasteiger partial charge in [0.15, 0.2) is 5.78 Å². The number of hydrogen-bond acceptors (Lipinski definition) is 19. The Labute approximate surface area is 745 Å². The number of fused-ring (bicyclic) bond motifs is 2. The number of benzene rings is 6. The number of nitrogens with zero attached hydrogens (tertiary/aromatic N) is 6. The Balaban J connectivity index is 0.930. The Morgan fingerprint density at radius 2 is 1.06 bits per heavy atom. The average Bonchev–Trinajstić information content (AvgIpc) is 1.63. The first-order valence-corrected chi connectivity index (χ1v) is 45.2. The van der Waals surface area contributed by atoms with Crippen molar-refractivity contribution >= 4 is 96.7 Å². The first-order chi connectivity index (χ1) is 59.8. The Hall–Kier alpha value is -11.8. The minimum atomic E-state index is -4.19. The molecule has 1 aromatic heterocycles. The number of carbonyl (C=O) groups excluding carboxylic acids is 11. The molecule has 29 nitrogen and oxygen atoms in total. The van der Waals surface area contributed by atoms with E-state index in [2.05, 4.69) is 54.8 Å². The first-order valence-electron chi connectivity index (χ1n) is 43.7. The smallest absolute Gasteiger partial charge is 0.410 e. The highest BCUT2D eigenvalue weighted by Gasteiger charge is 2.50. The van der Waals surface area contributed by atoms with E-state index in [1.165, 1.54) is 30.0 Å². The number of esters is 1. The summed E-state index contributed by atoms with van der Waals surface area (Å²) in [7, 11) is -2.78. The maximum Gasteiger partial charge on any atom is 0.410 e. The highest BCUT2D eigenvalue weighted by atomic mass is 32.2. The molecule has 0 radical (unpaired) electrons. The topological polar surface area (TPSA) is 371 Å². The molecular weight excluding hydrogens is 1640 g/mol. The molecule has 3 fully saturated rings. The molecule has 682 valence electrons. The lowest BCUT2D eigenvalue weighted by molar-refractivity contribution is -0.159. The summed E-state index contributed by atoms with van der Waals surface area (Å²) in [5, 5.41) is 26.2. The fraction of sp³-hybridized carbons (Fsp3) is 0.495. The van der Waals surface area contributed by atoms with Crippen molar-refractivity contribution in [3.05, 3.63) is 193 Å². The molecule has 0 spiro atoms. The van der Waals surface area contributed by atoms with Crippen LogP contribution in [0.2, 0.25) is 0 Å². The number of Topliss-reactive ketones (excluding diaryl/α,β-unsaturated/α-hetero) is 1. The van der Waals surface area contributed by atoms with Gasteiger partial charge in [-0.1, -0.05) is 189 Å². The summed E-state index contributed by atoms with van der Waals surface area (Å²) >= 11 is 0. The summed E-state index contributed by atoms with van der Waals surface area (Å²) in [5.74, 6) is -7.44. The molecule has 6 aromatic carbocycles. The molecule has 2 aliphatic heterocycles. The van der Waals surface area contributed by atoms with Gasteiger partial charge in [-0.3, -0.25) is 52.8 Å². The number of allylic oxidation sites excluding steroid dienone is 1. The van der Waals surface area contributed by atoms with Crippen molar-refractivity contribution in [2.45, 2.75) is 252 Å². The molecule has 30 heteroatoms. The number of sulfonamides is 1. The zero-order valence-corrected chi connectivity index (χ0v) is 76.8. The van der Waals surface area contributed by atoms with Crippen LogP contribution in [0.1, 0.15) is 183 Å². The zero-order chi connectivity index (χ0) is 92.8. The van der Waals surface area contributed by atoms with E-state index >= 15 is 24.0 Å². The van der Waals surface area contributed by atoms with Crippen LogP contribution < -0.4 is 40.8 Å². The molecule has 0 bridgehead atoms. The van der Waals surface area contributed by atoms with Gasteiger partial charge in [-0.25, -0.2) is 22.7 Å². The van der Waals surface area contributed by atoms with Crippen molar-refractivity contribution in [3.8, 4) is 11.5 Å². The molecular formula is C97H126N12O17S. The summed E-state index contributed by atoms with van der Waals surface area (Å²) in [6, 6.07) is 29.2. The minimum Gasteiger partial charge on any atom is -0.490 e. The van der Waals surface area contributed by atoms with Crippen molar-refractivity contribution in [2.24, 2.45) is 28.6 Å². The maximum absolute atomic E-state index is 15.9. The second kappa shape index (κ2) is 41.7. The number of likely N-dealkylation sites (N-methyl/N-ethyl adjacent to an activating group) is 1. The third-order valence-electron chi connectivity index (χ3n) is 23.2. The van der Waals surface area contributed by atoms with Crippen LogP contribution in [0.5, 0.6) is 11.5 Å². The fourth-order valence-electron chi connectivity index (χ4n) is 15.7. The molecule has 6 N–H and O–H groups in total. The number of aromatic nitrogens is 3. The highest BCUT2D eigenvalue weighted by Crippen LogP contribution is 2.37. The van der Waals surface area contributed by atoms with Crippen LogP contribution >= 0.6 is 0 Å². The molecule has 1 saturated carbocycles. The monoisotopic (exact) mass is 1760 g/mol. The van der Waals surface area contributed by atoms with Gasteiger partial charge in [0.05, 0.1) is 29.2 Å². The lowest BCUT2D eigenvalue weighted by Crippen LogP contribution is -2.60. The number of nitrogens with one attached hydrogen (secondary N) is 6. The van der Waals surface area contributed by atoms with Gasteiger partial charge < -0.3 is 55.3 Å². The van der Waals surface area contributed by atoms with E-state index in [9.17, 15) is 37.2 Å². The molecule has 10 rings (SSSR count). The molecule has 12 atom stereocenters. The number of amides is 9. The minimum absolute atomic E-state index is 0.000386. The normalized spacial score (nSPS) is 18.0. The van der Waals surface area contributed by atoms with Crippen LogP contribution in [0.25, 0.3) is 21.5 Å². The van der Waals surface area contributed by atoms with Crippen LogP contribution in [-0.4, -0.2) is 195 Å². The Morgan fingerprint density at radius 3 is 1.59 bits per heavy atom. The molecule has 2 saturated heterocycles. The number of rotatable bonds is 38. The van der Waals surface area contributed by atoms with Crippen molar-refractivity contribution in [3.63, 3.8) is 0 Å². The predicted molar refractivity (Wildman–Crippen MR) is 484 cm³/mol. The van der Waals surface area contributed by atoms with E-state index in [1.54, 1.807) is 135 Å². The van der Waals surface area contributed by atoms with Crippen LogP contribution in [0, 0.1) is 28.6 Å². The van der Waals surface area contributed by atoms with Gasteiger partial charge in [0.1, 0.15) is 78.2 Å². The third kappa shape index (κ3) is 26.7. The standard InChI is InChI=1S/C97H126N12O17S/c1-19-26-65-52-80(107(56-65)90(117)82(94(6,7)8)102-84(111)59(4)21-3)89(116)100-76(51-64-32-38-67-28-23-25-30-69(67)47-64)87(114)99-77(88(115)104-127(121,122)75-43-44-75)49-61-35-41-74(42-36-61)124-58-72-55-98-105-109(72)71-54-79(108(57-71)91(118)83(95(9,10)11)103-85(112)60(5)106(18)93(120)126-97(15,16)17)81(110)53-70(48-63-31-37-66-27-22-24-29-68(66)46-63)86(113)101-78(92(119)125-96(12,13)14)50-62-33-39-73(40-34-62)123-45-20-2/h19-20,22-25,27-42,46-47,55,59-60,65,70-71,75-80,82-83H,1-2,21,26,43-45,48-54,56-58H2,3-18H3,(H,99,114)(H,100,116)(H,101,113)(H,102,111)(H,103,112)(H,104,115)/t59-,60+,65+,70-,71+,76+,77+,78+,79+,80+,82-,83-/m1/s1. The largest absolute Gasteiger partial charge is 0.490 e. The SMILES string of the molecule is C=CCOc1ccc(C[C@H](NC(=O)[C@@H](CC(=O)[C@@H]2C[C@H](n3nncc3COc3ccc(C[C@H](NC(=O)[C@H](Cc4ccc5ccccc5c4)NC(=O)[C@@H]4C[C@H](CC=C)CN4C(=O)[C@@H](NC(=O)[C@H](C)CC)C(C)(C)C)C(=O)NS(=O)(=O)C4CC4)cc3)CN2C(=O)[C@@H](NC(=O)[C@H](C)N(C)C(=O)OC(C)(C)C)C(C)(C)C)Cc2ccc3ccccc3c2)C(=O)OC(C)(C)C)cc1. The second-order valence-electron chi connectivity index (χ2n) is 38.0. The maximum atomic E-state index is 15.9. The Bertz CT molecular complexity index is 5270. The second-order valence-corrected chi connectivity index (χ2v) is 40.0. The molecule has 7 aromatic rings. The number of hydrogen-bond donors (Lipinski definition) is 6. The van der Waals surface area contributed by atoms with E-state index in [0.29, 0.717) is 65.1 Å². The van der Waals surface area contributed by atoms with Gasteiger partial charge in [-0.15, -0.1) is 11.7 Å². The predicted octanol–water partition coefficient (Wildman–Crippen LogP) is 11.3. The van der Waals surface area contributed by atoms with Crippen molar-refractivity contribution < 1.29 is 80.1 Å². The van der Waals surface area contributed by atoms with Crippen molar-refractivity contribution in [1.29, 1.82) is 0 Å². The summed E-state index contributed by atoms with van der Waals surface area (Å²) in [6.07, 6.45) is 4.98. The van der Waals surface area contributed by atoms with Gasteiger partial charge in [0.2, 0.25) is 51.4 Å². The van der Waals surface area contributed by atoms with Crippen LogP contribution in [-0.2, 0) is 99.7 Å². The first kappa shape index (κ1) is 97.4. The van der Waals surface area contributed by atoms with E-state index in [-0.39, 0.29) is 76.7 Å². The average molecular weight is 1760 g/mol. The quantitative estimate of drug-likeness (QED) is 0.0155. The van der Waals surface area contributed by atoms with Crippen LogP contribution in [0.15, 0.2) is 165 Å². The molecule has 1 aliphatic carbocycles. The Morgan fingerprint density at radius 1 is 0.551 bits per heavy atom. The summed E-state index contributed by atoms with van der Waals surface area (Å²) in [5.41, 5.74) is -0.855. The van der Waals surface area contributed by atoms with Gasteiger partial charge in [0, 0.05) is 57.7 Å². The van der Waals surface area contributed by atoms with E-state index < -0.39 is 169 Å². The highest BCUT2D eigenvalue weighted by molar-refractivity contribution is 7.91. The van der Waals surface area contributed by atoms with Crippen molar-refractivity contribution in [1.82, 2.24) is 61.0 Å². The summed E-state index contributed by atoms with van der Waals surface area (Å²) < 4.78 is 54.6. The number of carbonyl (C=O) groups is 11. The number of ketones is 1. The van der Waals surface area contributed by atoms with Gasteiger partial charge in [-0.05, 0) is 178 Å². The summed E-state index contributed by atoms with van der Waals surface area (Å²) in [6.45, 7) is 33.8. The lowest BCUT2D eigenvalue weighted by atomic mass is 9.85. The molecule has 9 amide bonds. The molecule has 0 unspecified atom stereocenters. The Kier molecular flexibility index (Phi) is 32.0. The van der Waals surface area contributed by atoms with Crippen molar-refractivity contribution in [2.75, 3.05) is 26.7 Å². The lowest BCUT2D eigenvalue weighted by Gasteiger charge is -2.37. The summed E-state index contributed by atoms with van der Waals surface area (Å²) in [4.78, 5) is 167. The number of likely N-dealkylation sites (tertiary alicyclic amines) is 2. The van der Waals surface area contributed by atoms with Gasteiger partial charge >= 0.3 is 12.1 Å². The van der Waals surface area contributed by atoms with Crippen LogP contribution in [0.4, 0.5) is 4.79 Å². The molecule has 127 heavy (non-hydrogen) atoms. The number of ether oxygens (including phenoxy) is 4. The van der Waals surface area contributed by atoms with Gasteiger partial charge in [0.25, 0.3) is 5.91 Å². The fourth-order valence-corrected chi connectivity index (χ4v) is 17.0.